The number of hydrogen-bond acceptors (Lipinski definition) is 5. The second-order valence-corrected chi connectivity index (χ2v) is 12.4. The van der Waals surface area contributed by atoms with Crippen LogP contribution in [0.4, 0.5) is 0 Å². The number of nitriles is 2. The fourth-order valence-corrected chi connectivity index (χ4v) is 5.01. The zero-order valence-corrected chi connectivity index (χ0v) is 19.6. The molecule has 0 fully saturated rings. The normalized spacial score (nSPS) is 15.3. The van der Waals surface area contributed by atoms with Crippen LogP contribution in [-0.4, -0.2) is 24.3 Å². The topological polar surface area (TPSA) is 111 Å². The van der Waals surface area contributed by atoms with Gasteiger partial charge in [-0.05, 0) is 49.2 Å². The van der Waals surface area contributed by atoms with Crippen molar-refractivity contribution in [1.29, 1.82) is 10.5 Å². The van der Waals surface area contributed by atoms with Crippen LogP contribution in [0.25, 0.3) is 0 Å². The molecule has 30 heavy (non-hydrogen) atoms. The van der Waals surface area contributed by atoms with E-state index in [9.17, 15) is 14.0 Å². The van der Waals surface area contributed by atoms with Crippen molar-refractivity contribution < 1.29 is 18.5 Å². The van der Waals surface area contributed by atoms with E-state index in [2.05, 4.69) is 6.07 Å². The lowest BCUT2D eigenvalue weighted by Gasteiger charge is -2.20. The van der Waals surface area contributed by atoms with Crippen LogP contribution in [0.1, 0.15) is 48.7 Å². The average molecular weight is 446 g/mol. The highest BCUT2D eigenvalue weighted by Crippen LogP contribution is 2.56. The van der Waals surface area contributed by atoms with Crippen molar-refractivity contribution in [2.75, 3.05) is 19.4 Å². The van der Waals surface area contributed by atoms with Gasteiger partial charge in [0, 0.05) is 19.0 Å². The van der Waals surface area contributed by atoms with Crippen LogP contribution >= 0.6 is 14.7 Å². The maximum atomic E-state index is 12.2. The summed E-state index contributed by atoms with van der Waals surface area (Å²) in [7, 11) is -5.61. The summed E-state index contributed by atoms with van der Waals surface area (Å²) in [5.41, 5.74) is 2.78. The fraction of sp³-hybridized carbons (Fsp3) is 0.364. The Morgan fingerprint density at radius 2 is 1.43 bits per heavy atom. The molecule has 3 unspecified atom stereocenters. The van der Waals surface area contributed by atoms with Gasteiger partial charge in [0.15, 0.2) is 0 Å². The minimum atomic E-state index is -3.00. The minimum absolute atomic E-state index is 0.139. The molecule has 8 heteroatoms. The summed E-state index contributed by atoms with van der Waals surface area (Å²) in [5.74, 6) is 0. The molecule has 0 aliphatic heterocycles. The molecule has 2 aromatic carbocycles. The molecule has 0 saturated heterocycles. The van der Waals surface area contributed by atoms with Crippen molar-refractivity contribution >= 4 is 14.7 Å². The second-order valence-electron chi connectivity index (χ2n) is 6.87. The van der Waals surface area contributed by atoms with Gasteiger partial charge in [-0.2, -0.15) is 10.5 Å². The molecule has 0 amide bonds. The van der Waals surface area contributed by atoms with E-state index in [-0.39, 0.29) is 18.0 Å². The van der Waals surface area contributed by atoms with Gasteiger partial charge >= 0.3 is 0 Å². The largest absolute Gasteiger partial charge is 0.344 e. The lowest BCUT2D eigenvalue weighted by molar-refractivity contribution is 0.331. The third kappa shape index (κ3) is 8.27. The first-order valence-corrected chi connectivity index (χ1v) is 13.8. The zero-order chi connectivity index (χ0) is 22.8. The molecular formula is C22H28N2O4P2. The molecule has 0 spiro atoms. The van der Waals surface area contributed by atoms with Gasteiger partial charge in [0.2, 0.25) is 14.7 Å². The Bertz CT molecular complexity index is 990. The van der Waals surface area contributed by atoms with E-state index in [0.717, 1.165) is 11.1 Å². The number of rotatable bonds is 7. The predicted molar refractivity (Wildman–Crippen MR) is 120 cm³/mol. The van der Waals surface area contributed by atoms with Gasteiger partial charge in [-0.3, -0.25) is 9.13 Å². The molecule has 0 aliphatic carbocycles. The first-order chi connectivity index (χ1) is 14.1. The van der Waals surface area contributed by atoms with Gasteiger partial charge in [-0.1, -0.05) is 31.2 Å². The van der Waals surface area contributed by atoms with Gasteiger partial charge in [0.05, 0.1) is 35.5 Å². The molecule has 3 atom stereocenters. The van der Waals surface area contributed by atoms with E-state index in [0.29, 0.717) is 17.7 Å². The SMILES string of the molecule is CCOP(C)(=O)C(C)c1ccc(C#N)cc1.CCP(=O)(O)Cc1ccc(C#N)cc1. The van der Waals surface area contributed by atoms with E-state index in [4.69, 9.17) is 15.0 Å². The number of hydrogen-bond donors (Lipinski definition) is 1. The summed E-state index contributed by atoms with van der Waals surface area (Å²) >= 11 is 0. The van der Waals surface area contributed by atoms with Crippen molar-refractivity contribution in [1.82, 2.24) is 0 Å². The Hall–Kier alpha value is -2.20. The molecule has 0 heterocycles. The standard InChI is InChI=1S/C12H16NO2P.C10H12NO2P/c1-4-15-16(3,14)10(2)12-7-5-11(9-13)6-8-12;1-2-14(12,13)8-10-5-3-9(7-11)4-6-10/h5-8,10H,4H2,1-3H3;3-6H,2,8H2,1H3,(H,12,13). The van der Waals surface area contributed by atoms with Crippen molar-refractivity contribution in [2.24, 2.45) is 0 Å². The predicted octanol–water partition coefficient (Wildman–Crippen LogP) is 5.91. The van der Waals surface area contributed by atoms with E-state index >= 15 is 0 Å². The Kier molecular flexibility index (Phi) is 10.2. The molecule has 0 bridgehead atoms. The van der Waals surface area contributed by atoms with Crippen LogP contribution in [0, 0.1) is 22.7 Å². The summed E-state index contributed by atoms with van der Waals surface area (Å²) in [6.07, 6.45) is 0.474. The smallest absolute Gasteiger partial charge is 0.207 e. The van der Waals surface area contributed by atoms with Crippen molar-refractivity contribution in [3.05, 3.63) is 70.8 Å². The Labute approximate surface area is 179 Å². The number of benzene rings is 2. The van der Waals surface area contributed by atoms with Crippen LogP contribution in [-0.2, 0) is 19.8 Å². The molecule has 0 aromatic heterocycles. The monoisotopic (exact) mass is 446 g/mol. The molecule has 6 nitrogen and oxygen atoms in total. The maximum absolute atomic E-state index is 12.2. The maximum Gasteiger partial charge on any atom is 0.207 e. The minimum Gasteiger partial charge on any atom is -0.344 e. The summed E-state index contributed by atoms with van der Waals surface area (Å²) in [6, 6.07) is 17.9. The van der Waals surface area contributed by atoms with Crippen LogP contribution in [0.15, 0.2) is 48.5 Å². The highest BCUT2D eigenvalue weighted by Gasteiger charge is 2.25. The molecule has 0 aliphatic rings. The van der Waals surface area contributed by atoms with Gasteiger partial charge in [-0.25, -0.2) is 0 Å². The van der Waals surface area contributed by atoms with Gasteiger partial charge in [0.1, 0.15) is 0 Å². The Balaban J connectivity index is 0.000000303. The third-order valence-corrected chi connectivity index (χ3v) is 8.94. The fourth-order valence-electron chi connectivity index (χ4n) is 2.56. The highest BCUT2D eigenvalue weighted by molar-refractivity contribution is 7.58. The highest BCUT2D eigenvalue weighted by atomic mass is 31.2. The zero-order valence-electron chi connectivity index (χ0n) is 17.8. The van der Waals surface area contributed by atoms with Gasteiger partial charge in [0.25, 0.3) is 0 Å². The van der Waals surface area contributed by atoms with Crippen LogP contribution in [0.3, 0.4) is 0 Å². The first-order valence-electron chi connectivity index (χ1n) is 9.60. The van der Waals surface area contributed by atoms with Crippen LogP contribution in [0.2, 0.25) is 0 Å². The van der Waals surface area contributed by atoms with E-state index in [1.54, 1.807) is 50.0 Å². The summed E-state index contributed by atoms with van der Waals surface area (Å²) in [5, 5.41) is 17.2. The average Bonchev–Trinajstić information content (AvgIpc) is 2.74. The lowest BCUT2D eigenvalue weighted by atomic mass is 10.1. The molecule has 1 N–H and O–H groups in total. The third-order valence-electron chi connectivity index (χ3n) is 4.62. The summed E-state index contributed by atoms with van der Waals surface area (Å²) in [6.45, 7) is 7.53. The van der Waals surface area contributed by atoms with Crippen LogP contribution < -0.4 is 0 Å². The van der Waals surface area contributed by atoms with Crippen LogP contribution in [0.5, 0.6) is 0 Å². The summed E-state index contributed by atoms with van der Waals surface area (Å²) < 4.78 is 28.9. The Morgan fingerprint density at radius 3 is 1.83 bits per heavy atom. The van der Waals surface area contributed by atoms with Gasteiger partial charge < -0.3 is 9.42 Å². The Morgan fingerprint density at radius 1 is 0.967 bits per heavy atom. The molecule has 160 valence electrons. The second kappa shape index (κ2) is 11.8. The molecule has 2 rings (SSSR count). The van der Waals surface area contributed by atoms with Crippen molar-refractivity contribution in [3.63, 3.8) is 0 Å². The lowest BCUT2D eigenvalue weighted by Crippen LogP contribution is -1.98. The molecule has 0 saturated carbocycles. The van der Waals surface area contributed by atoms with Crippen molar-refractivity contribution in [2.45, 2.75) is 32.6 Å². The first kappa shape index (κ1) is 25.8. The van der Waals surface area contributed by atoms with E-state index in [1.807, 2.05) is 32.0 Å². The van der Waals surface area contributed by atoms with E-state index < -0.39 is 14.7 Å². The quantitative estimate of drug-likeness (QED) is 0.529. The van der Waals surface area contributed by atoms with E-state index in [1.165, 1.54) is 0 Å². The molecule has 2 aromatic rings. The number of nitrogens with zero attached hydrogens (tertiary/aromatic N) is 2. The summed E-state index contributed by atoms with van der Waals surface area (Å²) in [4.78, 5) is 9.39. The van der Waals surface area contributed by atoms with Crippen molar-refractivity contribution in [3.8, 4) is 12.1 Å². The molecule has 0 radical (unpaired) electrons. The van der Waals surface area contributed by atoms with Gasteiger partial charge in [-0.15, -0.1) is 0 Å². The molecular weight excluding hydrogens is 418 g/mol.